The molecule has 2 heterocycles. The van der Waals surface area contributed by atoms with Crippen molar-refractivity contribution in [2.45, 2.75) is 39.0 Å². The van der Waals surface area contributed by atoms with Gasteiger partial charge in [-0.3, -0.25) is 4.68 Å². The van der Waals surface area contributed by atoms with Crippen molar-refractivity contribution in [1.82, 2.24) is 19.7 Å². The summed E-state index contributed by atoms with van der Waals surface area (Å²) in [5.74, 6) is 1.81. The Morgan fingerprint density at radius 3 is 2.85 bits per heavy atom. The first kappa shape index (κ1) is 13.1. The van der Waals surface area contributed by atoms with Gasteiger partial charge in [0.25, 0.3) is 0 Å². The van der Waals surface area contributed by atoms with E-state index in [4.69, 9.17) is 9.97 Å². The topological polar surface area (TPSA) is 55.6 Å². The first-order valence-electron chi connectivity index (χ1n) is 7.40. The van der Waals surface area contributed by atoms with Gasteiger partial charge < -0.3 is 5.32 Å². The van der Waals surface area contributed by atoms with Crippen LogP contribution in [0, 0.1) is 0 Å². The Balaban J connectivity index is 2.03. The number of nitrogens with one attached hydrogen (secondary N) is 1. The zero-order valence-corrected chi connectivity index (χ0v) is 12.2. The van der Waals surface area contributed by atoms with Crippen LogP contribution in [0.5, 0.6) is 0 Å². The molecule has 0 atom stereocenters. The molecule has 5 heteroatoms. The average Bonchev–Trinajstić information content (AvgIpc) is 2.91. The first-order valence-corrected chi connectivity index (χ1v) is 7.40. The fourth-order valence-electron chi connectivity index (χ4n) is 2.65. The maximum atomic E-state index is 4.76. The fourth-order valence-corrected chi connectivity index (χ4v) is 2.65. The predicted octanol–water partition coefficient (Wildman–Crippen LogP) is 2.58. The Morgan fingerprint density at radius 2 is 2.10 bits per heavy atom. The minimum absolute atomic E-state index is 0.789. The number of anilines is 1. The van der Waals surface area contributed by atoms with E-state index in [0.717, 1.165) is 43.0 Å². The summed E-state index contributed by atoms with van der Waals surface area (Å²) >= 11 is 0. The van der Waals surface area contributed by atoms with Gasteiger partial charge >= 0.3 is 0 Å². The van der Waals surface area contributed by atoms with Gasteiger partial charge in [-0.25, -0.2) is 9.97 Å². The number of fused-ring (bicyclic) bond motifs is 1. The summed E-state index contributed by atoms with van der Waals surface area (Å²) in [6.07, 6.45) is 9.51. The number of rotatable bonds is 4. The largest absolute Gasteiger partial charge is 0.370 e. The molecule has 0 aliphatic heterocycles. The second-order valence-electron chi connectivity index (χ2n) is 5.36. The monoisotopic (exact) mass is 271 g/mol. The standard InChI is InChI=1S/C15H21N5/c1-3-8-16-15-12-6-4-5-7-13(12)18-14(19-15)11-9-17-20(2)10-11/h9-10H,3-8H2,1-2H3,(H,16,18,19). The predicted molar refractivity (Wildman–Crippen MR) is 79.7 cm³/mol. The van der Waals surface area contributed by atoms with E-state index in [2.05, 4.69) is 17.3 Å². The van der Waals surface area contributed by atoms with Gasteiger partial charge in [-0.15, -0.1) is 0 Å². The van der Waals surface area contributed by atoms with Crippen molar-refractivity contribution in [2.24, 2.45) is 7.05 Å². The molecule has 1 aliphatic carbocycles. The number of aromatic nitrogens is 4. The van der Waals surface area contributed by atoms with Gasteiger partial charge in [-0.2, -0.15) is 5.10 Å². The van der Waals surface area contributed by atoms with Crippen LogP contribution in [0.3, 0.4) is 0 Å². The van der Waals surface area contributed by atoms with E-state index in [9.17, 15) is 0 Å². The Kier molecular flexibility index (Phi) is 3.67. The van der Waals surface area contributed by atoms with Crippen LogP contribution in [-0.4, -0.2) is 26.3 Å². The van der Waals surface area contributed by atoms with Crippen molar-refractivity contribution >= 4 is 5.82 Å². The van der Waals surface area contributed by atoms with E-state index in [1.807, 2.05) is 19.4 Å². The van der Waals surface area contributed by atoms with Crippen molar-refractivity contribution < 1.29 is 0 Å². The summed E-state index contributed by atoms with van der Waals surface area (Å²) in [6, 6.07) is 0. The van der Waals surface area contributed by atoms with E-state index in [-0.39, 0.29) is 0 Å². The molecule has 20 heavy (non-hydrogen) atoms. The maximum absolute atomic E-state index is 4.76. The SMILES string of the molecule is CCCNc1nc(-c2cnn(C)c2)nc2c1CCCC2. The van der Waals surface area contributed by atoms with Gasteiger partial charge in [-0.05, 0) is 32.1 Å². The second kappa shape index (κ2) is 5.61. The van der Waals surface area contributed by atoms with Crippen LogP contribution in [-0.2, 0) is 19.9 Å². The second-order valence-corrected chi connectivity index (χ2v) is 5.36. The lowest BCUT2D eigenvalue weighted by atomic mass is 9.96. The minimum atomic E-state index is 0.789. The smallest absolute Gasteiger partial charge is 0.164 e. The van der Waals surface area contributed by atoms with Gasteiger partial charge in [0.2, 0.25) is 0 Å². The zero-order valence-electron chi connectivity index (χ0n) is 12.2. The van der Waals surface area contributed by atoms with Crippen molar-refractivity contribution in [3.8, 4) is 11.4 Å². The molecule has 1 N–H and O–H groups in total. The summed E-state index contributed by atoms with van der Waals surface area (Å²) in [5, 5.41) is 7.67. The van der Waals surface area contributed by atoms with Crippen LogP contribution >= 0.6 is 0 Å². The van der Waals surface area contributed by atoms with Gasteiger partial charge in [-0.1, -0.05) is 6.92 Å². The van der Waals surface area contributed by atoms with Crippen LogP contribution in [0.1, 0.15) is 37.4 Å². The summed E-state index contributed by atoms with van der Waals surface area (Å²) < 4.78 is 1.79. The summed E-state index contributed by atoms with van der Waals surface area (Å²) in [7, 11) is 1.91. The third kappa shape index (κ3) is 2.53. The van der Waals surface area contributed by atoms with E-state index in [0.29, 0.717) is 0 Å². The molecule has 0 saturated heterocycles. The van der Waals surface area contributed by atoms with Crippen molar-refractivity contribution in [1.29, 1.82) is 0 Å². The molecule has 0 unspecified atom stereocenters. The Labute approximate surface area is 119 Å². The number of nitrogens with zero attached hydrogens (tertiary/aromatic N) is 4. The molecule has 0 amide bonds. The van der Waals surface area contributed by atoms with E-state index >= 15 is 0 Å². The van der Waals surface area contributed by atoms with E-state index in [1.165, 1.54) is 24.1 Å². The summed E-state index contributed by atoms with van der Waals surface area (Å²) in [6.45, 7) is 3.12. The molecule has 0 fully saturated rings. The van der Waals surface area contributed by atoms with Crippen molar-refractivity contribution in [3.63, 3.8) is 0 Å². The number of hydrogen-bond donors (Lipinski definition) is 1. The fraction of sp³-hybridized carbons (Fsp3) is 0.533. The molecule has 0 bridgehead atoms. The lowest BCUT2D eigenvalue weighted by Gasteiger charge is -2.19. The third-order valence-corrected chi connectivity index (χ3v) is 3.69. The first-order chi connectivity index (χ1) is 9.78. The van der Waals surface area contributed by atoms with Crippen molar-refractivity contribution in [3.05, 3.63) is 23.7 Å². The lowest BCUT2D eigenvalue weighted by molar-refractivity contribution is 0.664. The zero-order chi connectivity index (χ0) is 13.9. The van der Waals surface area contributed by atoms with Gasteiger partial charge in [0, 0.05) is 31.0 Å². The van der Waals surface area contributed by atoms with Gasteiger partial charge in [0.15, 0.2) is 5.82 Å². The highest BCUT2D eigenvalue weighted by Gasteiger charge is 2.18. The quantitative estimate of drug-likeness (QED) is 0.928. The highest BCUT2D eigenvalue weighted by Crippen LogP contribution is 2.28. The lowest BCUT2D eigenvalue weighted by Crippen LogP contribution is -2.14. The number of aryl methyl sites for hydroxylation is 2. The van der Waals surface area contributed by atoms with Crippen LogP contribution in [0.15, 0.2) is 12.4 Å². The van der Waals surface area contributed by atoms with Gasteiger partial charge in [0.1, 0.15) is 5.82 Å². The van der Waals surface area contributed by atoms with Crippen LogP contribution in [0.4, 0.5) is 5.82 Å². The molecule has 5 nitrogen and oxygen atoms in total. The minimum Gasteiger partial charge on any atom is -0.370 e. The molecule has 0 aromatic carbocycles. The van der Waals surface area contributed by atoms with E-state index in [1.54, 1.807) is 4.68 Å². The highest BCUT2D eigenvalue weighted by molar-refractivity contribution is 5.59. The van der Waals surface area contributed by atoms with Crippen molar-refractivity contribution in [2.75, 3.05) is 11.9 Å². The average molecular weight is 271 g/mol. The molecular formula is C15H21N5. The summed E-state index contributed by atoms with van der Waals surface area (Å²) in [5.41, 5.74) is 3.52. The third-order valence-electron chi connectivity index (χ3n) is 3.69. The molecule has 106 valence electrons. The Bertz CT molecular complexity index is 602. The normalized spacial score (nSPS) is 14.1. The highest BCUT2D eigenvalue weighted by atomic mass is 15.2. The molecule has 0 radical (unpaired) electrons. The maximum Gasteiger partial charge on any atom is 0.164 e. The van der Waals surface area contributed by atoms with E-state index < -0.39 is 0 Å². The molecule has 2 aromatic heterocycles. The Hall–Kier alpha value is -1.91. The Morgan fingerprint density at radius 1 is 1.25 bits per heavy atom. The summed E-state index contributed by atoms with van der Waals surface area (Å²) in [4.78, 5) is 9.49. The molecular weight excluding hydrogens is 250 g/mol. The molecule has 2 aromatic rings. The van der Waals surface area contributed by atoms with Crippen LogP contribution in [0.2, 0.25) is 0 Å². The molecule has 0 saturated carbocycles. The van der Waals surface area contributed by atoms with Crippen LogP contribution < -0.4 is 5.32 Å². The molecule has 3 rings (SSSR count). The van der Waals surface area contributed by atoms with Gasteiger partial charge in [0.05, 0.1) is 11.8 Å². The molecule has 1 aliphatic rings. The molecule has 0 spiro atoms. The van der Waals surface area contributed by atoms with Crippen LogP contribution in [0.25, 0.3) is 11.4 Å². The number of hydrogen-bond acceptors (Lipinski definition) is 4.